The number of carbonyl (C=O) groups is 2. The third kappa shape index (κ3) is 4.65. The second kappa shape index (κ2) is 9.74. The van der Waals surface area contributed by atoms with Gasteiger partial charge < -0.3 is 24.2 Å². The Bertz CT molecular complexity index is 1160. The number of ketones is 1. The first-order valence-electron chi connectivity index (χ1n) is 11.9. The number of Topliss-reactive ketones (excluding diaryl/α,β-unsaturated/α-hetero) is 1. The molecule has 0 aliphatic carbocycles. The van der Waals surface area contributed by atoms with E-state index in [9.17, 15) is 14.7 Å². The largest absolute Gasteiger partial charge is 0.507 e. The van der Waals surface area contributed by atoms with Gasteiger partial charge >= 0.3 is 0 Å². The van der Waals surface area contributed by atoms with Gasteiger partial charge in [0.15, 0.2) is 0 Å². The summed E-state index contributed by atoms with van der Waals surface area (Å²) in [6.45, 7) is 7.04. The van der Waals surface area contributed by atoms with Crippen LogP contribution in [0.3, 0.4) is 0 Å². The van der Waals surface area contributed by atoms with E-state index in [2.05, 4.69) is 0 Å². The van der Waals surface area contributed by atoms with E-state index in [0.717, 1.165) is 18.4 Å². The Balaban J connectivity index is 1.89. The van der Waals surface area contributed by atoms with Crippen LogP contribution in [-0.4, -0.2) is 55.2 Å². The molecule has 2 unspecified atom stereocenters. The zero-order chi connectivity index (χ0) is 25.3. The van der Waals surface area contributed by atoms with Gasteiger partial charge in [0.2, 0.25) is 0 Å². The van der Waals surface area contributed by atoms with Crippen LogP contribution in [0.5, 0.6) is 11.5 Å². The summed E-state index contributed by atoms with van der Waals surface area (Å²) in [4.78, 5) is 28.2. The molecule has 186 valence electrons. The monoisotopic (exact) mass is 479 g/mol. The minimum Gasteiger partial charge on any atom is -0.507 e. The first kappa shape index (κ1) is 24.8. The van der Waals surface area contributed by atoms with Crippen LogP contribution in [0.15, 0.2) is 48.0 Å². The van der Waals surface area contributed by atoms with Gasteiger partial charge in [0, 0.05) is 29.8 Å². The van der Waals surface area contributed by atoms with Crippen LogP contribution in [0, 0.1) is 0 Å². The normalized spacial score (nSPS) is 22.0. The average Bonchev–Trinajstić information content (AvgIpc) is 3.45. The number of nitrogens with zero attached hydrogens (tertiary/aromatic N) is 1. The van der Waals surface area contributed by atoms with E-state index in [1.807, 2.05) is 45.0 Å². The van der Waals surface area contributed by atoms with Crippen LogP contribution in [0.2, 0.25) is 0 Å². The van der Waals surface area contributed by atoms with Crippen molar-refractivity contribution in [2.45, 2.75) is 51.2 Å². The Labute approximate surface area is 206 Å². The summed E-state index contributed by atoms with van der Waals surface area (Å²) < 4.78 is 16.9. The molecule has 7 nitrogen and oxygen atoms in total. The van der Waals surface area contributed by atoms with Crippen molar-refractivity contribution in [3.8, 4) is 11.5 Å². The molecule has 2 atom stereocenters. The second-order valence-corrected chi connectivity index (χ2v) is 9.99. The molecule has 0 spiro atoms. The summed E-state index contributed by atoms with van der Waals surface area (Å²) in [6.07, 6.45) is 1.57. The molecule has 2 aromatic rings. The van der Waals surface area contributed by atoms with Crippen molar-refractivity contribution in [3.05, 3.63) is 64.7 Å². The van der Waals surface area contributed by atoms with Crippen molar-refractivity contribution in [3.63, 3.8) is 0 Å². The van der Waals surface area contributed by atoms with Gasteiger partial charge in [-0.3, -0.25) is 9.59 Å². The maximum Gasteiger partial charge on any atom is 0.295 e. The highest BCUT2D eigenvalue weighted by atomic mass is 16.5. The topological polar surface area (TPSA) is 85.3 Å². The second-order valence-electron chi connectivity index (χ2n) is 9.99. The van der Waals surface area contributed by atoms with E-state index in [1.165, 1.54) is 4.90 Å². The number of benzene rings is 2. The Morgan fingerprint density at radius 2 is 1.80 bits per heavy atom. The fourth-order valence-electron chi connectivity index (χ4n) is 4.89. The molecule has 4 rings (SSSR count). The quantitative estimate of drug-likeness (QED) is 0.370. The molecule has 35 heavy (non-hydrogen) atoms. The number of rotatable bonds is 6. The lowest BCUT2D eigenvalue weighted by Crippen LogP contribution is -2.36. The molecule has 0 radical (unpaired) electrons. The number of carbonyl (C=O) groups excluding carboxylic acids is 2. The van der Waals surface area contributed by atoms with E-state index >= 15 is 0 Å². The molecule has 1 amide bonds. The maximum atomic E-state index is 13.4. The number of para-hydroxylation sites is 1. The van der Waals surface area contributed by atoms with E-state index in [4.69, 9.17) is 14.2 Å². The number of amides is 1. The Morgan fingerprint density at radius 3 is 2.43 bits per heavy atom. The van der Waals surface area contributed by atoms with Crippen molar-refractivity contribution in [1.29, 1.82) is 0 Å². The Morgan fingerprint density at radius 1 is 1.09 bits per heavy atom. The summed E-state index contributed by atoms with van der Waals surface area (Å²) in [5.74, 6) is -0.365. The van der Waals surface area contributed by atoms with E-state index < -0.39 is 17.7 Å². The zero-order valence-corrected chi connectivity index (χ0v) is 21.0. The summed E-state index contributed by atoms with van der Waals surface area (Å²) >= 11 is 0. The van der Waals surface area contributed by atoms with Gasteiger partial charge in [0.1, 0.15) is 17.3 Å². The van der Waals surface area contributed by atoms with Gasteiger partial charge in [-0.25, -0.2) is 0 Å². The number of aliphatic hydroxyl groups excluding tert-OH is 1. The lowest BCUT2D eigenvalue weighted by molar-refractivity contribution is -0.140. The molecule has 2 aliphatic heterocycles. The number of hydrogen-bond donors (Lipinski definition) is 1. The molecule has 2 fully saturated rings. The van der Waals surface area contributed by atoms with Gasteiger partial charge in [0.05, 0.1) is 31.9 Å². The Kier molecular flexibility index (Phi) is 6.90. The number of aliphatic hydroxyl groups is 1. The molecule has 7 heteroatoms. The van der Waals surface area contributed by atoms with Gasteiger partial charge in [-0.1, -0.05) is 39.0 Å². The summed E-state index contributed by atoms with van der Waals surface area (Å²) in [5.41, 5.74) is 1.74. The van der Waals surface area contributed by atoms with Crippen molar-refractivity contribution >= 4 is 17.4 Å². The fourth-order valence-corrected chi connectivity index (χ4v) is 4.89. The predicted molar refractivity (Wildman–Crippen MR) is 133 cm³/mol. The first-order chi connectivity index (χ1) is 16.7. The minimum absolute atomic E-state index is 0.0440. The summed E-state index contributed by atoms with van der Waals surface area (Å²) in [6, 6.07) is 11.8. The van der Waals surface area contributed by atoms with Crippen LogP contribution < -0.4 is 9.47 Å². The highest BCUT2D eigenvalue weighted by molar-refractivity contribution is 6.46. The Hall–Kier alpha value is -3.32. The molecule has 2 saturated heterocycles. The standard InChI is InChI=1S/C28H33NO6/c1-28(2,3)20-15-17(12-13-22(20)34-5)25(30)23-24(19-10-6-7-11-21(19)33-4)29(27(32)26(23)31)16-18-9-8-14-35-18/h6-7,10-13,15,18,24,30H,8-9,14,16H2,1-5H3/b25-23+. The third-order valence-electron chi connectivity index (χ3n) is 6.68. The number of likely N-dealkylation sites (tertiary alicyclic amines) is 1. The highest BCUT2D eigenvalue weighted by Gasteiger charge is 2.48. The SMILES string of the molecule is COc1ccccc1C1/C(=C(\O)c2ccc(OC)c(C(C)(C)C)c2)C(=O)C(=O)N1CC1CCCO1. The maximum absolute atomic E-state index is 13.4. The van der Waals surface area contributed by atoms with Crippen LogP contribution in [0.25, 0.3) is 5.76 Å². The number of ether oxygens (including phenoxy) is 3. The molecule has 0 bridgehead atoms. The fraction of sp³-hybridized carbons (Fsp3) is 0.429. The van der Waals surface area contributed by atoms with Crippen molar-refractivity contribution in [1.82, 2.24) is 4.90 Å². The molecule has 0 aromatic heterocycles. The molecule has 1 N–H and O–H groups in total. The van der Waals surface area contributed by atoms with E-state index in [-0.39, 0.29) is 29.4 Å². The van der Waals surface area contributed by atoms with Crippen molar-refractivity contribution in [2.24, 2.45) is 0 Å². The molecule has 2 aromatic carbocycles. The number of hydrogen-bond acceptors (Lipinski definition) is 6. The van der Waals surface area contributed by atoms with E-state index in [0.29, 0.717) is 29.2 Å². The van der Waals surface area contributed by atoms with Crippen LogP contribution in [0.1, 0.15) is 56.3 Å². The first-order valence-corrected chi connectivity index (χ1v) is 11.9. The molecular weight excluding hydrogens is 446 g/mol. The van der Waals surface area contributed by atoms with Gasteiger partial charge in [-0.2, -0.15) is 0 Å². The van der Waals surface area contributed by atoms with Crippen LogP contribution in [-0.2, 0) is 19.7 Å². The predicted octanol–water partition coefficient (Wildman–Crippen LogP) is 4.60. The van der Waals surface area contributed by atoms with Crippen molar-refractivity contribution in [2.75, 3.05) is 27.4 Å². The zero-order valence-electron chi connectivity index (χ0n) is 21.0. The lowest BCUT2D eigenvalue weighted by Gasteiger charge is -2.28. The minimum atomic E-state index is -0.796. The highest BCUT2D eigenvalue weighted by Crippen LogP contribution is 2.44. The molecule has 0 saturated carbocycles. The van der Waals surface area contributed by atoms with E-state index in [1.54, 1.807) is 32.4 Å². The van der Waals surface area contributed by atoms with Gasteiger partial charge in [0.25, 0.3) is 11.7 Å². The molecular formula is C28H33NO6. The van der Waals surface area contributed by atoms with Gasteiger partial charge in [-0.05, 0) is 42.5 Å². The third-order valence-corrected chi connectivity index (χ3v) is 6.68. The average molecular weight is 480 g/mol. The van der Waals surface area contributed by atoms with Crippen LogP contribution in [0.4, 0.5) is 0 Å². The smallest absolute Gasteiger partial charge is 0.295 e. The number of methoxy groups -OCH3 is 2. The molecule has 2 heterocycles. The molecule has 2 aliphatic rings. The lowest BCUT2D eigenvalue weighted by atomic mass is 9.84. The summed E-state index contributed by atoms with van der Waals surface area (Å²) in [5, 5.41) is 11.5. The summed E-state index contributed by atoms with van der Waals surface area (Å²) in [7, 11) is 3.15. The van der Waals surface area contributed by atoms with Crippen molar-refractivity contribution < 1.29 is 28.9 Å². The van der Waals surface area contributed by atoms with Gasteiger partial charge in [-0.15, -0.1) is 0 Å². The van der Waals surface area contributed by atoms with Crippen LogP contribution >= 0.6 is 0 Å².